The van der Waals surface area contributed by atoms with Crippen molar-refractivity contribution in [1.29, 1.82) is 0 Å². The third-order valence-electron chi connectivity index (χ3n) is 4.99. The molecule has 4 rings (SSSR count). The standard InChI is InChI=1S/C24H19FN2O7/c1-32-21-11-14(6-8-19(21)33-13-16-7-9-20(34-16)23(29)30)10-18-22(28)27(24(31)26-18)12-15-4-2-3-5-17(15)25/h2-11H,12-13H2,1H3,(H,26,31)(H,29,30). The number of nitrogens with one attached hydrogen (secondary N) is 1. The molecule has 3 aromatic rings. The van der Waals surface area contributed by atoms with Gasteiger partial charge in [0.25, 0.3) is 5.91 Å². The van der Waals surface area contributed by atoms with Crippen molar-refractivity contribution >= 4 is 24.0 Å². The quantitative estimate of drug-likeness (QED) is 0.383. The zero-order valence-electron chi connectivity index (χ0n) is 17.9. The zero-order valence-corrected chi connectivity index (χ0v) is 17.9. The van der Waals surface area contributed by atoms with E-state index in [0.29, 0.717) is 22.8 Å². The molecule has 0 saturated carbocycles. The summed E-state index contributed by atoms with van der Waals surface area (Å²) in [6.45, 7) is -0.217. The number of urea groups is 1. The summed E-state index contributed by atoms with van der Waals surface area (Å²) in [4.78, 5) is 36.8. The van der Waals surface area contributed by atoms with Gasteiger partial charge in [-0.2, -0.15) is 0 Å². The number of amides is 3. The number of carboxylic acids is 1. The predicted octanol–water partition coefficient (Wildman–Crippen LogP) is 3.80. The molecule has 1 saturated heterocycles. The highest BCUT2D eigenvalue weighted by molar-refractivity contribution is 6.13. The molecule has 0 bridgehead atoms. The molecule has 0 spiro atoms. The molecule has 2 heterocycles. The van der Waals surface area contributed by atoms with E-state index in [1.54, 1.807) is 24.3 Å². The maximum absolute atomic E-state index is 13.9. The van der Waals surface area contributed by atoms with Crippen LogP contribution < -0.4 is 14.8 Å². The number of methoxy groups -OCH3 is 1. The number of hydrogen-bond donors (Lipinski definition) is 2. The maximum Gasteiger partial charge on any atom is 0.371 e. The lowest BCUT2D eigenvalue weighted by molar-refractivity contribution is -0.123. The van der Waals surface area contributed by atoms with Crippen molar-refractivity contribution in [2.75, 3.05) is 7.11 Å². The molecule has 9 nitrogen and oxygen atoms in total. The molecule has 0 atom stereocenters. The van der Waals surface area contributed by atoms with Crippen molar-refractivity contribution < 1.29 is 37.8 Å². The van der Waals surface area contributed by atoms with Crippen molar-refractivity contribution in [2.45, 2.75) is 13.2 Å². The van der Waals surface area contributed by atoms with Crippen LogP contribution in [0.25, 0.3) is 6.08 Å². The molecule has 1 aromatic heterocycles. The number of hydrogen-bond acceptors (Lipinski definition) is 6. The molecule has 2 aromatic carbocycles. The van der Waals surface area contributed by atoms with Gasteiger partial charge >= 0.3 is 12.0 Å². The van der Waals surface area contributed by atoms with Crippen LogP contribution in [0.3, 0.4) is 0 Å². The molecular formula is C24H19FN2O7. The topological polar surface area (TPSA) is 118 Å². The first-order chi connectivity index (χ1) is 16.4. The van der Waals surface area contributed by atoms with Gasteiger partial charge < -0.3 is 24.3 Å². The number of carbonyl (C=O) groups is 3. The second-order valence-electron chi connectivity index (χ2n) is 7.24. The summed E-state index contributed by atoms with van der Waals surface area (Å²) < 4.78 is 30.1. The SMILES string of the molecule is COc1cc(C=C2NC(=O)N(Cc3ccccc3F)C2=O)ccc1OCc1ccc(C(=O)O)o1. The summed E-state index contributed by atoms with van der Waals surface area (Å²) >= 11 is 0. The van der Waals surface area contributed by atoms with Crippen LogP contribution in [0.1, 0.15) is 27.4 Å². The summed E-state index contributed by atoms with van der Waals surface area (Å²) in [6, 6.07) is 13.0. The van der Waals surface area contributed by atoms with Gasteiger partial charge in [-0.15, -0.1) is 0 Å². The van der Waals surface area contributed by atoms with Gasteiger partial charge in [0.1, 0.15) is 23.9 Å². The smallest absolute Gasteiger partial charge is 0.371 e. The maximum atomic E-state index is 13.9. The fraction of sp³-hybridized carbons (Fsp3) is 0.125. The average molecular weight is 466 g/mol. The second kappa shape index (κ2) is 9.49. The van der Waals surface area contributed by atoms with Crippen LogP contribution in [-0.2, 0) is 17.9 Å². The van der Waals surface area contributed by atoms with Crippen LogP contribution in [0.15, 0.2) is 64.7 Å². The minimum atomic E-state index is -1.18. The van der Waals surface area contributed by atoms with E-state index in [1.807, 2.05) is 0 Å². The van der Waals surface area contributed by atoms with E-state index in [0.717, 1.165) is 4.90 Å². The van der Waals surface area contributed by atoms with Crippen LogP contribution in [-0.4, -0.2) is 35.0 Å². The summed E-state index contributed by atoms with van der Waals surface area (Å²) in [5.41, 5.74) is 0.808. The Morgan fingerprint density at radius 2 is 1.94 bits per heavy atom. The van der Waals surface area contributed by atoms with E-state index >= 15 is 0 Å². The Morgan fingerprint density at radius 3 is 2.65 bits per heavy atom. The predicted molar refractivity (Wildman–Crippen MR) is 116 cm³/mol. The van der Waals surface area contributed by atoms with Gasteiger partial charge in [0.2, 0.25) is 5.76 Å². The van der Waals surface area contributed by atoms with E-state index in [1.165, 1.54) is 43.5 Å². The first kappa shape index (κ1) is 22.6. The first-order valence-electron chi connectivity index (χ1n) is 10.1. The molecule has 0 unspecified atom stereocenters. The summed E-state index contributed by atoms with van der Waals surface area (Å²) in [5, 5.41) is 11.4. The highest BCUT2D eigenvalue weighted by atomic mass is 19.1. The molecule has 2 N–H and O–H groups in total. The largest absolute Gasteiger partial charge is 0.493 e. The zero-order chi connectivity index (χ0) is 24.2. The number of rotatable bonds is 8. The molecule has 0 radical (unpaired) electrons. The van der Waals surface area contributed by atoms with E-state index in [2.05, 4.69) is 5.32 Å². The van der Waals surface area contributed by atoms with E-state index in [-0.39, 0.29) is 30.2 Å². The van der Waals surface area contributed by atoms with Crippen molar-refractivity contribution in [3.63, 3.8) is 0 Å². The fourth-order valence-corrected chi connectivity index (χ4v) is 3.29. The highest BCUT2D eigenvalue weighted by Crippen LogP contribution is 2.30. The number of nitrogens with zero attached hydrogens (tertiary/aromatic N) is 1. The normalized spacial score (nSPS) is 14.4. The molecule has 1 aliphatic rings. The van der Waals surface area contributed by atoms with Crippen LogP contribution >= 0.6 is 0 Å². The lowest BCUT2D eigenvalue weighted by Gasteiger charge is -2.12. The Balaban J connectivity index is 1.48. The Hall–Kier alpha value is -4.60. The number of benzene rings is 2. The van der Waals surface area contributed by atoms with E-state index in [9.17, 15) is 18.8 Å². The van der Waals surface area contributed by atoms with Crippen LogP contribution in [0.5, 0.6) is 11.5 Å². The monoisotopic (exact) mass is 466 g/mol. The number of furan rings is 1. The average Bonchev–Trinajstić information content (AvgIpc) is 3.40. The second-order valence-corrected chi connectivity index (χ2v) is 7.24. The van der Waals surface area contributed by atoms with Crippen LogP contribution in [0.2, 0.25) is 0 Å². The van der Waals surface area contributed by atoms with Gasteiger partial charge in [-0.3, -0.25) is 9.69 Å². The van der Waals surface area contributed by atoms with Gasteiger partial charge in [-0.05, 0) is 42.0 Å². The van der Waals surface area contributed by atoms with Gasteiger partial charge in [0, 0.05) is 5.56 Å². The summed E-state index contributed by atoms with van der Waals surface area (Å²) in [6.07, 6.45) is 1.47. The minimum absolute atomic E-state index is 0.0242. The molecular weight excluding hydrogens is 447 g/mol. The lowest BCUT2D eigenvalue weighted by Crippen LogP contribution is -2.30. The molecule has 174 valence electrons. The Bertz CT molecular complexity index is 1300. The fourth-order valence-electron chi connectivity index (χ4n) is 3.29. The summed E-state index contributed by atoms with van der Waals surface area (Å²) in [5.74, 6) is -1.43. The lowest BCUT2D eigenvalue weighted by atomic mass is 10.1. The van der Waals surface area contributed by atoms with Crippen molar-refractivity contribution in [2.24, 2.45) is 0 Å². The number of carboxylic acid groups (broad SMARTS) is 1. The molecule has 0 aliphatic carbocycles. The number of carbonyl (C=O) groups excluding carboxylic acids is 2. The van der Waals surface area contributed by atoms with Crippen LogP contribution in [0, 0.1) is 5.82 Å². The van der Waals surface area contributed by atoms with Crippen molar-refractivity contribution in [1.82, 2.24) is 10.2 Å². The summed E-state index contributed by atoms with van der Waals surface area (Å²) in [7, 11) is 1.44. The minimum Gasteiger partial charge on any atom is -0.493 e. The van der Waals surface area contributed by atoms with Gasteiger partial charge in [-0.1, -0.05) is 24.3 Å². The Kier molecular flexibility index (Phi) is 6.30. The molecule has 10 heteroatoms. The van der Waals surface area contributed by atoms with E-state index in [4.69, 9.17) is 19.0 Å². The number of halogens is 1. The van der Waals surface area contributed by atoms with Crippen LogP contribution in [0.4, 0.5) is 9.18 Å². The number of imide groups is 1. The third-order valence-corrected chi connectivity index (χ3v) is 4.99. The molecule has 3 amide bonds. The molecule has 1 fully saturated rings. The number of ether oxygens (including phenoxy) is 2. The van der Waals surface area contributed by atoms with Crippen molar-refractivity contribution in [3.05, 3.63) is 88.8 Å². The van der Waals surface area contributed by atoms with E-state index < -0.39 is 23.7 Å². The highest BCUT2D eigenvalue weighted by Gasteiger charge is 2.34. The third kappa shape index (κ3) is 4.75. The van der Waals surface area contributed by atoms with Gasteiger partial charge in [0.15, 0.2) is 11.5 Å². The number of aromatic carboxylic acids is 1. The molecule has 1 aliphatic heterocycles. The van der Waals surface area contributed by atoms with Gasteiger partial charge in [0.05, 0.1) is 13.7 Å². The van der Waals surface area contributed by atoms with Gasteiger partial charge in [-0.25, -0.2) is 14.0 Å². The molecule has 34 heavy (non-hydrogen) atoms. The first-order valence-corrected chi connectivity index (χ1v) is 10.1. The Labute approximate surface area is 193 Å². The Morgan fingerprint density at radius 1 is 1.15 bits per heavy atom. The van der Waals surface area contributed by atoms with Crippen molar-refractivity contribution in [3.8, 4) is 11.5 Å².